The zero-order valence-electron chi connectivity index (χ0n) is 15.7. The molecule has 0 radical (unpaired) electrons. The molecule has 144 valence electrons. The molecule has 29 heavy (non-hydrogen) atoms. The maximum absolute atomic E-state index is 12.6. The first kappa shape index (κ1) is 18.8. The van der Waals surface area contributed by atoms with Crippen LogP contribution in [0.5, 0.6) is 11.5 Å². The van der Waals surface area contributed by atoms with Crippen molar-refractivity contribution in [2.75, 3.05) is 0 Å². The van der Waals surface area contributed by atoms with E-state index in [1.807, 2.05) is 72.8 Å². The quantitative estimate of drug-likeness (QED) is 0.389. The summed E-state index contributed by atoms with van der Waals surface area (Å²) in [4.78, 5) is 21.9. The molecule has 0 saturated carbocycles. The number of aromatic nitrogens is 2. The molecule has 0 atom stereocenters. The molecule has 0 unspecified atom stereocenters. The molecule has 0 aliphatic rings. The molecule has 6 heteroatoms. The lowest BCUT2D eigenvalue weighted by molar-refractivity contribution is 0.0475. The standard InChI is InChI=1S/C23H18N2O3S/c1-16-21(29-22(25-16)19-12-7-8-14-24-19)23(26)27-15-17-9-5-6-13-20(17)28-18-10-3-2-4-11-18/h2-14H,15H2,1H3. The minimum Gasteiger partial charge on any atom is -0.457 e. The number of aryl methyl sites for hydroxylation is 1. The van der Waals surface area contributed by atoms with Crippen LogP contribution in [0.1, 0.15) is 20.9 Å². The number of hydrogen-bond acceptors (Lipinski definition) is 6. The minimum atomic E-state index is -0.406. The van der Waals surface area contributed by atoms with Gasteiger partial charge in [0.1, 0.15) is 28.0 Å². The first-order valence-electron chi connectivity index (χ1n) is 9.07. The number of pyridine rings is 1. The largest absolute Gasteiger partial charge is 0.457 e. The van der Waals surface area contributed by atoms with Crippen LogP contribution in [0.4, 0.5) is 0 Å². The van der Waals surface area contributed by atoms with E-state index in [1.165, 1.54) is 11.3 Å². The zero-order valence-corrected chi connectivity index (χ0v) is 16.6. The molecule has 0 aliphatic heterocycles. The van der Waals surface area contributed by atoms with Gasteiger partial charge in [0.2, 0.25) is 0 Å². The van der Waals surface area contributed by atoms with Gasteiger partial charge < -0.3 is 9.47 Å². The number of hydrogen-bond donors (Lipinski definition) is 0. The fourth-order valence-corrected chi connectivity index (χ4v) is 3.67. The van der Waals surface area contributed by atoms with Crippen LogP contribution in [-0.4, -0.2) is 15.9 Å². The Morgan fingerprint density at radius 1 is 0.966 bits per heavy atom. The number of rotatable bonds is 6. The highest BCUT2D eigenvalue weighted by Gasteiger charge is 2.18. The van der Waals surface area contributed by atoms with Crippen molar-refractivity contribution < 1.29 is 14.3 Å². The Morgan fingerprint density at radius 2 is 1.72 bits per heavy atom. The summed E-state index contributed by atoms with van der Waals surface area (Å²) in [6.07, 6.45) is 1.70. The van der Waals surface area contributed by atoms with Gasteiger partial charge in [-0.25, -0.2) is 9.78 Å². The molecule has 0 saturated heterocycles. The van der Waals surface area contributed by atoms with Crippen molar-refractivity contribution in [3.05, 3.63) is 95.1 Å². The summed E-state index contributed by atoms with van der Waals surface area (Å²) in [7, 11) is 0. The molecule has 2 aromatic carbocycles. The second kappa shape index (κ2) is 8.67. The molecule has 0 fully saturated rings. The summed E-state index contributed by atoms with van der Waals surface area (Å²) < 4.78 is 11.5. The third kappa shape index (κ3) is 4.50. The molecule has 2 aromatic heterocycles. The third-order valence-electron chi connectivity index (χ3n) is 4.17. The highest BCUT2D eigenvalue weighted by Crippen LogP contribution is 2.29. The van der Waals surface area contributed by atoms with E-state index in [0.717, 1.165) is 17.0 Å². The monoisotopic (exact) mass is 402 g/mol. The summed E-state index contributed by atoms with van der Waals surface area (Å²) in [5.41, 5.74) is 2.16. The van der Waals surface area contributed by atoms with Crippen LogP contribution in [0.3, 0.4) is 0 Å². The van der Waals surface area contributed by atoms with E-state index in [0.29, 0.717) is 21.3 Å². The Labute approximate surface area is 172 Å². The number of ether oxygens (including phenoxy) is 2. The fraction of sp³-hybridized carbons (Fsp3) is 0.0870. The summed E-state index contributed by atoms with van der Waals surface area (Å²) in [5.74, 6) is 0.975. The first-order chi connectivity index (χ1) is 14.2. The molecule has 4 aromatic rings. The lowest BCUT2D eigenvalue weighted by Gasteiger charge is -2.11. The van der Waals surface area contributed by atoms with Crippen molar-refractivity contribution in [1.82, 2.24) is 9.97 Å². The average Bonchev–Trinajstić information content (AvgIpc) is 3.16. The van der Waals surface area contributed by atoms with Crippen molar-refractivity contribution in [3.8, 4) is 22.2 Å². The van der Waals surface area contributed by atoms with E-state index in [4.69, 9.17) is 9.47 Å². The number of carbonyl (C=O) groups is 1. The van der Waals surface area contributed by atoms with E-state index in [1.54, 1.807) is 13.1 Å². The van der Waals surface area contributed by atoms with E-state index in [-0.39, 0.29) is 6.61 Å². The summed E-state index contributed by atoms with van der Waals surface area (Å²) in [5, 5.41) is 0.697. The number of para-hydroxylation sites is 2. The van der Waals surface area contributed by atoms with Crippen molar-refractivity contribution in [3.63, 3.8) is 0 Å². The zero-order chi connectivity index (χ0) is 20.1. The van der Waals surface area contributed by atoms with Crippen LogP contribution >= 0.6 is 11.3 Å². The Balaban J connectivity index is 1.48. The molecule has 2 heterocycles. The second-order valence-electron chi connectivity index (χ2n) is 6.25. The smallest absolute Gasteiger partial charge is 0.350 e. The first-order valence-corrected chi connectivity index (χ1v) is 9.89. The number of esters is 1. The highest BCUT2D eigenvalue weighted by molar-refractivity contribution is 7.17. The molecule has 0 aliphatic carbocycles. The summed E-state index contributed by atoms with van der Waals surface area (Å²) >= 11 is 1.28. The molecule has 0 spiro atoms. The van der Waals surface area contributed by atoms with Crippen LogP contribution in [0.2, 0.25) is 0 Å². The van der Waals surface area contributed by atoms with Gasteiger partial charge in [0, 0.05) is 11.8 Å². The van der Waals surface area contributed by atoms with Crippen molar-refractivity contribution >= 4 is 17.3 Å². The Kier molecular flexibility index (Phi) is 5.63. The topological polar surface area (TPSA) is 61.3 Å². The van der Waals surface area contributed by atoms with Crippen LogP contribution in [0.25, 0.3) is 10.7 Å². The van der Waals surface area contributed by atoms with E-state index < -0.39 is 5.97 Å². The summed E-state index contributed by atoms with van der Waals surface area (Å²) in [6, 6.07) is 22.6. The molecular formula is C23H18N2O3S. The maximum atomic E-state index is 12.6. The fourth-order valence-electron chi connectivity index (χ4n) is 2.73. The van der Waals surface area contributed by atoms with Gasteiger partial charge in [-0.05, 0) is 37.3 Å². The van der Waals surface area contributed by atoms with E-state index >= 15 is 0 Å². The van der Waals surface area contributed by atoms with Gasteiger partial charge in [-0.15, -0.1) is 11.3 Å². The van der Waals surface area contributed by atoms with Gasteiger partial charge in [0.15, 0.2) is 0 Å². The lowest BCUT2D eigenvalue weighted by Crippen LogP contribution is -2.05. The maximum Gasteiger partial charge on any atom is 0.350 e. The van der Waals surface area contributed by atoms with Gasteiger partial charge in [0.25, 0.3) is 0 Å². The van der Waals surface area contributed by atoms with Gasteiger partial charge in [-0.1, -0.05) is 42.5 Å². The van der Waals surface area contributed by atoms with Crippen LogP contribution in [0.15, 0.2) is 79.0 Å². The average molecular weight is 402 g/mol. The third-order valence-corrected chi connectivity index (χ3v) is 5.33. The molecule has 4 rings (SSSR count). The van der Waals surface area contributed by atoms with Gasteiger partial charge in [-0.3, -0.25) is 4.98 Å². The Morgan fingerprint density at radius 3 is 2.52 bits per heavy atom. The SMILES string of the molecule is Cc1nc(-c2ccccn2)sc1C(=O)OCc1ccccc1Oc1ccccc1. The predicted octanol–water partition coefficient (Wildman–Crippen LogP) is 5.66. The van der Waals surface area contributed by atoms with Crippen molar-refractivity contribution in [1.29, 1.82) is 0 Å². The number of thiazole rings is 1. The Bertz CT molecular complexity index is 1110. The van der Waals surface area contributed by atoms with Crippen molar-refractivity contribution in [2.24, 2.45) is 0 Å². The van der Waals surface area contributed by atoms with Gasteiger partial charge in [-0.2, -0.15) is 0 Å². The van der Waals surface area contributed by atoms with E-state index in [2.05, 4.69) is 9.97 Å². The molecule has 5 nitrogen and oxygen atoms in total. The molecule has 0 amide bonds. The highest BCUT2D eigenvalue weighted by atomic mass is 32.1. The van der Waals surface area contributed by atoms with Gasteiger partial charge in [0.05, 0.1) is 11.4 Å². The number of carbonyl (C=O) groups excluding carboxylic acids is 1. The number of benzene rings is 2. The van der Waals surface area contributed by atoms with Crippen LogP contribution in [-0.2, 0) is 11.3 Å². The lowest BCUT2D eigenvalue weighted by atomic mass is 10.2. The van der Waals surface area contributed by atoms with Crippen LogP contribution in [0, 0.1) is 6.92 Å². The van der Waals surface area contributed by atoms with Gasteiger partial charge >= 0.3 is 5.97 Å². The van der Waals surface area contributed by atoms with E-state index in [9.17, 15) is 4.79 Å². The summed E-state index contributed by atoms with van der Waals surface area (Å²) in [6.45, 7) is 1.91. The molecular weight excluding hydrogens is 384 g/mol. The van der Waals surface area contributed by atoms with Crippen molar-refractivity contribution in [2.45, 2.75) is 13.5 Å². The predicted molar refractivity (Wildman–Crippen MR) is 112 cm³/mol. The minimum absolute atomic E-state index is 0.109. The normalized spacial score (nSPS) is 10.5. The molecule has 0 bridgehead atoms. The molecule has 0 N–H and O–H groups in total. The number of nitrogens with zero attached hydrogens (tertiary/aromatic N) is 2. The Hall–Kier alpha value is -3.51. The second-order valence-corrected chi connectivity index (χ2v) is 7.25. The van der Waals surface area contributed by atoms with Crippen LogP contribution < -0.4 is 4.74 Å².